The van der Waals surface area contributed by atoms with Gasteiger partial charge in [-0.2, -0.15) is 4.21 Å². The zero-order valence-electron chi connectivity index (χ0n) is 6.37. The van der Waals surface area contributed by atoms with Crippen molar-refractivity contribution >= 4 is 11.4 Å². The van der Waals surface area contributed by atoms with Gasteiger partial charge in [-0.1, -0.05) is 0 Å². The molecule has 0 spiro atoms. The molecule has 66 valence electrons. The Kier molecular flexibility index (Phi) is 11.7. The van der Waals surface area contributed by atoms with Crippen LogP contribution in [-0.2, 0) is 11.4 Å². The first-order valence-corrected chi connectivity index (χ1v) is 3.32. The molecule has 0 aliphatic rings. The molecule has 0 unspecified atom stereocenters. The Morgan fingerprint density at radius 3 is 1.20 bits per heavy atom. The predicted octanol–water partition coefficient (Wildman–Crippen LogP) is 0.620. The van der Waals surface area contributed by atoms with Crippen molar-refractivity contribution in [3.05, 3.63) is 0 Å². The SMILES string of the molecule is CC(C)(C)O.N.O=S(O)O. The van der Waals surface area contributed by atoms with Crippen LogP contribution < -0.4 is 6.15 Å². The van der Waals surface area contributed by atoms with Crippen LogP contribution >= 0.6 is 0 Å². The molecule has 0 aromatic rings. The van der Waals surface area contributed by atoms with Crippen LogP contribution in [0.15, 0.2) is 0 Å². The highest BCUT2D eigenvalue weighted by Gasteiger charge is 1.97. The van der Waals surface area contributed by atoms with Crippen molar-refractivity contribution in [2.45, 2.75) is 26.4 Å². The molecule has 6 heteroatoms. The van der Waals surface area contributed by atoms with Crippen LogP contribution in [0.1, 0.15) is 20.8 Å². The molecule has 0 heterocycles. The van der Waals surface area contributed by atoms with Gasteiger partial charge in [0.15, 0.2) is 0 Å². The Bertz CT molecular complexity index is 79.7. The number of rotatable bonds is 0. The molecule has 5 nitrogen and oxygen atoms in total. The van der Waals surface area contributed by atoms with Gasteiger partial charge in [-0.05, 0) is 20.8 Å². The standard InChI is InChI=1S/C4H10O.H3N.H2O3S/c1-4(2,3)5;;1-4(2)3/h5H,1-3H3;1H3;(H2,1,2,3). The summed E-state index contributed by atoms with van der Waals surface area (Å²) in [5.41, 5.74) is -0.500. The molecule has 6 N–H and O–H groups in total. The van der Waals surface area contributed by atoms with Gasteiger partial charge >= 0.3 is 0 Å². The van der Waals surface area contributed by atoms with Gasteiger partial charge in [-0.3, -0.25) is 9.11 Å². The van der Waals surface area contributed by atoms with E-state index < -0.39 is 17.0 Å². The minimum atomic E-state index is -2.61. The molecule has 0 amide bonds. The van der Waals surface area contributed by atoms with Crippen LogP contribution in [0.5, 0.6) is 0 Å². The maximum atomic E-state index is 8.67. The summed E-state index contributed by atoms with van der Waals surface area (Å²) in [6, 6.07) is 0. The zero-order valence-corrected chi connectivity index (χ0v) is 7.18. The van der Waals surface area contributed by atoms with Crippen LogP contribution in [0, 0.1) is 0 Å². The average Bonchev–Trinajstić information content (AvgIpc) is 1.19. The van der Waals surface area contributed by atoms with E-state index in [4.69, 9.17) is 18.4 Å². The van der Waals surface area contributed by atoms with Crippen molar-refractivity contribution < 1.29 is 18.4 Å². The molecule has 0 aromatic carbocycles. The second-order valence-electron chi connectivity index (χ2n) is 2.40. The van der Waals surface area contributed by atoms with Crippen molar-refractivity contribution in [1.82, 2.24) is 6.15 Å². The van der Waals surface area contributed by atoms with Crippen LogP contribution in [0.3, 0.4) is 0 Å². The smallest absolute Gasteiger partial charge is 0.299 e. The first kappa shape index (κ1) is 16.5. The summed E-state index contributed by atoms with van der Waals surface area (Å²) in [5.74, 6) is 0. The first-order valence-electron chi connectivity index (χ1n) is 2.26. The highest BCUT2D eigenvalue weighted by atomic mass is 32.2. The molecule has 0 radical (unpaired) electrons. The van der Waals surface area contributed by atoms with E-state index in [1.807, 2.05) is 0 Å². The van der Waals surface area contributed by atoms with Crippen LogP contribution in [-0.4, -0.2) is 24.0 Å². The first-order chi connectivity index (χ1) is 3.73. The normalized spacial score (nSPS) is 9.50. The van der Waals surface area contributed by atoms with Crippen molar-refractivity contribution in [3.63, 3.8) is 0 Å². The van der Waals surface area contributed by atoms with Gasteiger partial charge in [0, 0.05) is 0 Å². The molecule has 0 aromatic heterocycles. The van der Waals surface area contributed by atoms with Crippen LogP contribution in [0.2, 0.25) is 0 Å². The quantitative estimate of drug-likeness (QED) is 0.401. The van der Waals surface area contributed by atoms with E-state index in [0.29, 0.717) is 0 Å². The largest absolute Gasteiger partial charge is 0.391 e. The highest BCUT2D eigenvalue weighted by Crippen LogP contribution is 1.93. The van der Waals surface area contributed by atoms with Crippen molar-refractivity contribution in [2.75, 3.05) is 0 Å². The second-order valence-corrected chi connectivity index (χ2v) is 2.86. The third kappa shape index (κ3) is 3900000. The maximum Gasteiger partial charge on any atom is 0.299 e. The van der Waals surface area contributed by atoms with Crippen molar-refractivity contribution in [1.29, 1.82) is 0 Å². The van der Waals surface area contributed by atoms with Crippen molar-refractivity contribution in [3.8, 4) is 0 Å². The van der Waals surface area contributed by atoms with Gasteiger partial charge in [-0.15, -0.1) is 0 Å². The second kappa shape index (κ2) is 7.10. The maximum absolute atomic E-state index is 8.67. The summed E-state index contributed by atoms with van der Waals surface area (Å²) < 4.78 is 22.8. The Labute approximate surface area is 63.2 Å². The molecule has 0 rings (SSSR count). The number of aliphatic hydroxyl groups is 1. The van der Waals surface area contributed by atoms with Crippen LogP contribution in [0.25, 0.3) is 0 Å². The van der Waals surface area contributed by atoms with Gasteiger partial charge in [0.05, 0.1) is 5.60 Å². The number of hydrogen-bond acceptors (Lipinski definition) is 3. The van der Waals surface area contributed by atoms with Crippen LogP contribution in [0.4, 0.5) is 0 Å². The summed E-state index contributed by atoms with van der Waals surface area (Å²) >= 11 is -2.61. The van der Waals surface area contributed by atoms with E-state index in [2.05, 4.69) is 0 Å². The van der Waals surface area contributed by atoms with Gasteiger partial charge in [0.25, 0.3) is 11.4 Å². The molecule has 0 saturated carbocycles. The fourth-order valence-electron chi connectivity index (χ4n) is 0. The van der Waals surface area contributed by atoms with Gasteiger partial charge in [0.2, 0.25) is 0 Å². The zero-order chi connectivity index (χ0) is 8.08. The minimum Gasteiger partial charge on any atom is -0.391 e. The summed E-state index contributed by atoms with van der Waals surface area (Å²) in [6.45, 7) is 5.23. The predicted molar refractivity (Wildman–Crippen MR) is 40.4 cm³/mol. The molecule has 0 aliphatic heterocycles. The Morgan fingerprint density at radius 2 is 1.20 bits per heavy atom. The summed E-state index contributed by atoms with van der Waals surface area (Å²) in [4.78, 5) is 0. The van der Waals surface area contributed by atoms with E-state index in [1.165, 1.54) is 0 Å². The summed E-state index contributed by atoms with van der Waals surface area (Å²) in [6.07, 6.45) is 0. The number of hydrogen-bond donors (Lipinski definition) is 4. The molecular weight excluding hydrogens is 158 g/mol. The van der Waals surface area contributed by atoms with Crippen molar-refractivity contribution in [2.24, 2.45) is 0 Å². The lowest BCUT2D eigenvalue weighted by Gasteiger charge is -2.04. The van der Waals surface area contributed by atoms with E-state index in [0.717, 1.165) is 0 Å². The van der Waals surface area contributed by atoms with E-state index in [9.17, 15) is 0 Å². The Morgan fingerprint density at radius 1 is 1.20 bits per heavy atom. The minimum absolute atomic E-state index is 0. The lowest BCUT2D eigenvalue weighted by Crippen LogP contribution is -2.10. The van der Waals surface area contributed by atoms with E-state index in [1.54, 1.807) is 20.8 Å². The highest BCUT2D eigenvalue weighted by molar-refractivity contribution is 7.73. The third-order valence-electron chi connectivity index (χ3n) is 0. The molecule has 0 bridgehead atoms. The molecule has 0 fully saturated rings. The third-order valence-corrected chi connectivity index (χ3v) is 0. The summed E-state index contributed by atoms with van der Waals surface area (Å²) in [5, 5.41) is 8.52. The Balaban J connectivity index is -0.0000000910. The molecule has 10 heavy (non-hydrogen) atoms. The molecular formula is C4H15NO4S. The Hall–Kier alpha value is -0.0100. The van der Waals surface area contributed by atoms with Gasteiger partial charge < -0.3 is 11.3 Å². The van der Waals surface area contributed by atoms with Gasteiger partial charge in [-0.25, -0.2) is 0 Å². The molecule has 0 aliphatic carbocycles. The molecule has 0 saturated heterocycles. The monoisotopic (exact) mass is 173 g/mol. The topological polar surface area (TPSA) is 113 Å². The lowest BCUT2D eigenvalue weighted by atomic mass is 10.2. The fraction of sp³-hybridized carbons (Fsp3) is 1.00. The molecule has 0 atom stereocenters. The van der Waals surface area contributed by atoms with E-state index >= 15 is 0 Å². The fourth-order valence-corrected chi connectivity index (χ4v) is 0. The summed E-state index contributed by atoms with van der Waals surface area (Å²) in [7, 11) is 0. The van der Waals surface area contributed by atoms with Gasteiger partial charge in [0.1, 0.15) is 0 Å². The van der Waals surface area contributed by atoms with E-state index in [-0.39, 0.29) is 6.15 Å². The average molecular weight is 173 g/mol. The lowest BCUT2D eigenvalue weighted by molar-refractivity contribution is 0.102.